The molecule has 0 saturated carbocycles. The van der Waals surface area contributed by atoms with Gasteiger partial charge in [0.05, 0.1) is 5.69 Å². The summed E-state index contributed by atoms with van der Waals surface area (Å²) < 4.78 is 53.7. The molecular weight excluding hydrogens is 476 g/mol. The van der Waals surface area contributed by atoms with Crippen LogP contribution in [-0.4, -0.2) is 39.9 Å². The van der Waals surface area contributed by atoms with Crippen LogP contribution in [0.4, 0.5) is 17.6 Å². The number of piperidine rings is 1. The highest BCUT2D eigenvalue weighted by molar-refractivity contribution is 6.11. The van der Waals surface area contributed by atoms with Crippen LogP contribution in [-0.2, 0) is 11.4 Å². The van der Waals surface area contributed by atoms with Gasteiger partial charge < -0.3 is 4.84 Å². The number of benzene rings is 1. The molecule has 1 aromatic carbocycles. The van der Waals surface area contributed by atoms with Crippen LogP contribution in [0.3, 0.4) is 0 Å². The van der Waals surface area contributed by atoms with Gasteiger partial charge in [-0.1, -0.05) is 17.3 Å². The van der Waals surface area contributed by atoms with Crippen LogP contribution in [0, 0.1) is 11.6 Å². The number of pyridine rings is 2. The summed E-state index contributed by atoms with van der Waals surface area (Å²) in [6.45, 7) is 1.42. The van der Waals surface area contributed by atoms with Gasteiger partial charge in [0.25, 0.3) is 5.56 Å². The van der Waals surface area contributed by atoms with E-state index in [4.69, 9.17) is 4.84 Å². The number of rotatable bonds is 8. The van der Waals surface area contributed by atoms with Crippen molar-refractivity contribution < 1.29 is 22.4 Å². The predicted octanol–water partition coefficient (Wildman–Crippen LogP) is 5.09. The molecule has 1 saturated heterocycles. The summed E-state index contributed by atoms with van der Waals surface area (Å²) >= 11 is 0. The van der Waals surface area contributed by atoms with E-state index in [1.807, 2.05) is 6.07 Å². The van der Waals surface area contributed by atoms with Gasteiger partial charge in [-0.05, 0) is 74.2 Å². The van der Waals surface area contributed by atoms with E-state index >= 15 is 0 Å². The Kier molecular flexibility index (Phi) is 8.14. The molecule has 36 heavy (non-hydrogen) atoms. The van der Waals surface area contributed by atoms with Crippen molar-refractivity contribution >= 4 is 5.71 Å². The summed E-state index contributed by atoms with van der Waals surface area (Å²) in [5.41, 5.74) is 2.12. The standard InChI is InChI=1S/C26H26F4N4O2/c1-2-36-32-25(19-4-6-21(27)22(28)13-19)23-7-3-17(14-31-23)15-33-11-9-18(10-12-33)20-5-8-24(35)34(16-20)26(29)30/h3-8,13-14,16,18,26H,2,9-12,15H2,1H3/b32-25+. The zero-order valence-corrected chi connectivity index (χ0v) is 19.7. The van der Waals surface area contributed by atoms with Crippen LogP contribution in [0.25, 0.3) is 0 Å². The van der Waals surface area contributed by atoms with Gasteiger partial charge in [-0.2, -0.15) is 8.78 Å². The summed E-state index contributed by atoms with van der Waals surface area (Å²) in [4.78, 5) is 23.5. The monoisotopic (exact) mass is 502 g/mol. The Morgan fingerprint density at radius 1 is 1.11 bits per heavy atom. The molecular formula is C26H26F4N4O2. The van der Waals surface area contributed by atoms with Gasteiger partial charge >= 0.3 is 6.55 Å². The second kappa shape index (κ2) is 11.5. The smallest absolute Gasteiger partial charge is 0.321 e. The number of aromatic nitrogens is 2. The molecule has 0 amide bonds. The molecule has 3 heterocycles. The molecule has 3 aromatic rings. The Hall–Kier alpha value is -3.53. The van der Waals surface area contributed by atoms with Crippen molar-refractivity contribution in [2.45, 2.75) is 38.8 Å². The molecule has 1 fully saturated rings. The van der Waals surface area contributed by atoms with Crippen molar-refractivity contribution in [1.29, 1.82) is 0 Å². The van der Waals surface area contributed by atoms with E-state index in [1.54, 1.807) is 25.3 Å². The fourth-order valence-electron chi connectivity index (χ4n) is 4.28. The summed E-state index contributed by atoms with van der Waals surface area (Å²) in [5, 5.41) is 4.04. The Balaban J connectivity index is 1.41. The zero-order chi connectivity index (χ0) is 25.7. The van der Waals surface area contributed by atoms with Crippen LogP contribution in [0.2, 0.25) is 0 Å². The van der Waals surface area contributed by atoms with Gasteiger partial charge in [-0.3, -0.25) is 19.2 Å². The predicted molar refractivity (Wildman–Crippen MR) is 127 cm³/mol. The van der Waals surface area contributed by atoms with E-state index in [0.29, 0.717) is 34.7 Å². The third kappa shape index (κ3) is 5.99. The molecule has 0 spiro atoms. The Morgan fingerprint density at radius 2 is 1.89 bits per heavy atom. The number of hydrogen-bond donors (Lipinski definition) is 0. The number of alkyl halides is 2. The molecule has 6 nitrogen and oxygen atoms in total. The minimum Gasteiger partial charge on any atom is -0.396 e. The summed E-state index contributed by atoms with van der Waals surface area (Å²) in [7, 11) is 0. The van der Waals surface area contributed by atoms with E-state index in [-0.39, 0.29) is 5.92 Å². The zero-order valence-electron chi connectivity index (χ0n) is 19.7. The lowest BCUT2D eigenvalue weighted by Gasteiger charge is -2.32. The van der Waals surface area contributed by atoms with Crippen LogP contribution >= 0.6 is 0 Å². The second-order valence-electron chi connectivity index (χ2n) is 8.57. The highest BCUT2D eigenvalue weighted by Crippen LogP contribution is 2.28. The van der Waals surface area contributed by atoms with Gasteiger partial charge in [0.15, 0.2) is 11.6 Å². The minimum atomic E-state index is -2.85. The average Bonchev–Trinajstić information content (AvgIpc) is 2.88. The average molecular weight is 503 g/mol. The molecule has 0 aliphatic carbocycles. The topological polar surface area (TPSA) is 59.7 Å². The van der Waals surface area contributed by atoms with E-state index in [0.717, 1.165) is 49.2 Å². The van der Waals surface area contributed by atoms with E-state index in [2.05, 4.69) is 15.0 Å². The molecule has 4 rings (SSSR count). The largest absolute Gasteiger partial charge is 0.396 e. The molecule has 0 atom stereocenters. The first-order chi connectivity index (χ1) is 17.4. The second-order valence-corrected chi connectivity index (χ2v) is 8.57. The molecule has 0 radical (unpaired) electrons. The summed E-state index contributed by atoms with van der Waals surface area (Å²) in [6, 6.07) is 10.0. The van der Waals surface area contributed by atoms with E-state index in [1.165, 1.54) is 18.3 Å². The lowest BCUT2D eigenvalue weighted by molar-refractivity contribution is 0.0658. The van der Waals surface area contributed by atoms with Crippen molar-refractivity contribution in [3.05, 3.63) is 99.2 Å². The lowest BCUT2D eigenvalue weighted by atomic mass is 9.90. The first-order valence-electron chi connectivity index (χ1n) is 11.7. The molecule has 10 heteroatoms. The van der Waals surface area contributed by atoms with Crippen molar-refractivity contribution in [3.8, 4) is 0 Å². The van der Waals surface area contributed by atoms with Gasteiger partial charge in [0.2, 0.25) is 0 Å². The van der Waals surface area contributed by atoms with Crippen LogP contribution in [0.1, 0.15) is 54.6 Å². The number of nitrogens with zero attached hydrogens (tertiary/aromatic N) is 4. The first-order valence-corrected chi connectivity index (χ1v) is 11.7. The van der Waals surface area contributed by atoms with Crippen LogP contribution in [0.5, 0.6) is 0 Å². The van der Waals surface area contributed by atoms with E-state index < -0.39 is 23.7 Å². The fraction of sp³-hybridized carbons (Fsp3) is 0.346. The van der Waals surface area contributed by atoms with Crippen molar-refractivity contribution in [1.82, 2.24) is 14.5 Å². The third-order valence-electron chi connectivity index (χ3n) is 6.18. The SMILES string of the molecule is CCO/N=C(\c1ccc(F)c(F)c1)c1ccc(CN2CCC(c3ccc(=O)n(C(F)F)c3)CC2)cn1. The maximum atomic E-state index is 13.8. The maximum absolute atomic E-state index is 13.8. The number of likely N-dealkylation sites (tertiary alicyclic amines) is 1. The highest BCUT2D eigenvalue weighted by atomic mass is 19.3. The Morgan fingerprint density at radius 3 is 2.53 bits per heavy atom. The summed E-state index contributed by atoms with van der Waals surface area (Å²) in [6.07, 6.45) is 4.55. The third-order valence-corrected chi connectivity index (χ3v) is 6.18. The Bertz CT molecular complexity index is 1270. The van der Waals surface area contributed by atoms with Gasteiger partial charge in [0.1, 0.15) is 12.3 Å². The quantitative estimate of drug-likeness (QED) is 0.245. The Labute approximate surface area is 205 Å². The van der Waals surface area contributed by atoms with Crippen molar-refractivity contribution in [2.75, 3.05) is 19.7 Å². The minimum absolute atomic E-state index is 0.112. The normalized spacial score (nSPS) is 15.4. The summed E-state index contributed by atoms with van der Waals surface area (Å²) in [5.74, 6) is -1.82. The van der Waals surface area contributed by atoms with Crippen LogP contribution < -0.4 is 5.56 Å². The lowest BCUT2D eigenvalue weighted by Crippen LogP contribution is -2.33. The van der Waals surface area contributed by atoms with Crippen LogP contribution in [0.15, 0.2) is 64.8 Å². The van der Waals surface area contributed by atoms with E-state index in [9.17, 15) is 22.4 Å². The molecule has 1 aliphatic heterocycles. The number of halogens is 4. The highest BCUT2D eigenvalue weighted by Gasteiger charge is 2.22. The van der Waals surface area contributed by atoms with Gasteiger partial charge in [-0.15, -0.1) is 0 Å². The molecule has 0 bridgehead atoms. The molecule has 1 aliphatic rings. The fourth-order valence-corrected chi connectivity index (χ4v) is 4.28. The molecule has 0 unspecified atom stereocenters. The van der Waals surface area contributed by atoms with Crippen molar-refractivity contribution in [2.24, 2.45) is 5.16 Å². The molecule has 0 N–H and O–H groups in total. The van der Waals surface area contributed by atoms with Gasteiger partial charge in [-0.25, -0.2) is 8.78 Å². The number of hydrogen-bond acceptors (Lipinski definition) is 5. The number of oxime groups is 1. The van der Waals surface area contributed by atoms with Gasteiger partial charge in [0, 0.05) is 30.6 Å². The molecule has 190 valence electrons. The first kappa shape index (κ1) is 25.6. The maximum Gasteiger partial charge on any atom is 0.321 e. The van der Waals surface area contributed by atoms with Crippen molar-refractivity contribution in [3.63, 3.8) is 0 Å². The molecule has 2 aromatic heterocycles.